The molecule has 0 atom stereocenters. The molecule has 0 spiro atoms. The second-order valence-electron chi connectivity index (χ2n) is 9.80. The summed E-state index contributed by atoms with van der Waals surface area (Å²) in [6.45, 7) is 20.5. The Labute approximate surface area is 231 Å². The van der Waals surface area contributed by atoms with Gasteiger partial charge in [0.05, 0.1) is 18.5 Å². The van der Waals surface area contributed by atoms with Crippen LogP contribution in [0.25, 0.3) is 10.8 Å². The van der Waals surface area contributed by atoms with Crippen molar-refractivity contribution in [3.63, 3.8) is 0 Å². The Bertz CT molecular complexity index is 1030. The number of rotatable bonds is 10. The largest absolute Gasteiger partial charge is 0.492 e. The van der Waals surface area contributed by atoms with Crippen LogP contribution in [0.4, 0.5) is 5.82 Å². The molecule has 38 heavy (non-hydrogen) atoms. The maximum Gasteiger partial charge on any atom is 0.140 e. The topological polar surface area (TPSA) is 53.5 Å². The first-order valence-electron chi connectivity index (χ1n) is 14.7. The molecule has 0 bridgehead atoms. The molecule has 0 aliphatic carbocycles. The number of nitrogens with one attached hydrogen (secondary N) is 1. The summed E-state index contributed by atoms with van der Waals surface area (Å²) in [6, 6.07) is 12.7. The van der Waals surface area contributed by atoms with Crippen LogP contribution in [-0.4, -0.2) is 60.7 Å². The predicted octanol–water partition coefficient (Wildman–Crippen LogP) is 6.86. The number of aryl methyl sites for hydroxylation is 1. The van der Waals surface area contributed by atoms with E-state index in [4.69, 9.17) is 4.74 Å². The molecular formula is C32H51N5O. The number of unbranched alkanes of at least 4 members (excludes halogenated alkanes) is 1. The van der Waals surface area contributed by atoms with Crippen molar-refractivity contribution in [2.45, 2.75) is 73.8 Å². The summed E-state index contributed by atoms with van der Waals surface area (Å²) in [5, 5.41) is 6.04. The lowest BCUT2D eigenvalue weighted by atomic mass is 10.1. The molecule has 2 aromatic heterocycles. The van der Waals surface area contributed by atoms with Crippen LogP contribution in [0.15, 0.2) is 48.8 Å². The number of fused-ring (bicyclic) bond motifs is 1. The van der Waals surface area contributed by atoms with Crippen molar-refractivity contribution in [1.29, 1.82) is 0 Å². The molecule has 0 amide bonds. The van der Waals surface area contributed by atoms with E-state index in [1.54, 1.807) is 0 Å². The fourth-order valence-corrected chi connectivity index (χ4v) is 4.19. The molecule has 210 valence electrons. The maximum atomic E-state index is 5.56. The highest BCUT2D eigenvalue weighted by Crippen LogP contribution is 2.25. The average molecular weight is 522 g/mol. The van der Waals surface area contributed by atoms with Crippen molar-refractivity contribution < 1.29 is 4.74 Å². The fourth-order valence-electron chi connectivity index (χ4n) is 4.19. The predicted molar refractivity (Wildman–Crippen MR) is 163 cm³/mol. The Morgan fingerprint density at radius 3 is 2.29 bits per heavy atom. The first kappa shape index (κ1) is 31.5. The monoisotopic (exact) mass is 521 g/mol. The van der Waals surface area contributed by atoms with Crippen LogP contribution in [0.1, 0.15) is 71.6 Å². The molecule has 0 saturated carbocycles. The number of piperazine rings is 1. The van der Waals surface area contributed by atoms with Gasteiger partial charge in [-0.2, -0.15) is 0 Å². The lowest BCUT2D eigenvalue weighted by Gasteiger charge is -2.35. The van der Waals surface area contributed by atoms with Crippen LogP contribution in [0.2, 0.25) is 0 Å². The molecule has 6 heteroatoms. The van der Waals surface area contributed by atoms with E-state index in [0.29, 0.717) is 6.61 Å². The van der Waals surface area contributed by atoms with Crippen LogP contribution < -0.4 is 15.0 Å². The van der Waals surface area contributed by atoms with E-state index in [0.717, 1.165) is 75.1 Å². The van der Waals surface area contributed by atoms with Gasteiger partial charge in [0.25, 0.3) is 0 Å². The molecule has 3 heterocycles. The molecule has 1 aliphatic heterocycles. The van der Waals surface area contributed by atoms with Crippen molar-refractivity contribution in [2.75, 3.05) is 50.8 Å². The average Bonchev–Trinajstić information content (AvgIpc) is 2.95. The molecule has 3 aromatic rings. The van der Waals surface area contributed by atoms with Gasteiger partial charge in [-0.1, -0.05) is 71.2 Å². The number of aromatic nitrogens is 2. The Hall–Kier alpha value is -2.70. The van der Waals surface area contributed by atoms with E-state index in [9.17, 15) is 0 Å². The minimum atomic E-state index is 0.673. The summed E-state index contributed by atoms with van der Waals surface area (Å²) >= 11 is 0. The van der Waals surface area contributed by atoms with Crippen LogP contribution >= 0.6 is 0 Å². The first-order chi connectivity index (χ1) is 18.6. The van der Waals surface area contributed by atoms with Crippen molar-refractivity contribution in [3.8, 4) is 5.75 Å². The standard InChI is InChI=1S/C25H33N5O.C4H10.C3H8/c1-3-31-24-19-28-22(17-20(24)2)18-26-10-6-12-29-13-15-30(16-14-29)25-23-8-5-4-7-21(23)9-11-27-25;1-3-4-2;1-3-2/h4-5,7-9,11,17,19,26H,3,6,10,12-16,18H2,1-2H3;3-4H2,1-2H3;3H2,1-2H3. The number of nitrogens with zero attached hydrogens (tertiary/aromatic N) is 4. The second kappa shape index (κ2) is 18.5. The number of anilines is 1. The fraction of sp³-hybridized carbons (Fsp3) is 0.562. The highest BCUT2D eigenvalue weighted by Gasteiger charge is 2.19. The van der Waals surface area contributed by atoms with Gasteiger partial charge in [0.1, 0.15) is 11.6 Å². The molecule has 0 unspecified atom stereocenters. The Morgan fingerprint density at radius 2 is 1.63 bits per heavy atom. The van der Waals surface area contributed by atoms with Gasteiger partial charge < -0.3 is 15.0 Å². The van der Waals surface area contributed by atoms with Crippen LogP contribution in [0.5, 0.6) is 5.75 Å². The maximum absolute atomic E-state index is 5.56. The minimum absolute atomic E-state index is 0.673. The van der Waals surface area contributed by atoms with E-state index in [1.807, 2.05) is 19.3 Å². The van der Waals surface area contributed by atoms with E-state index in [-0.39, 0.29) is 0 Å². The molecule has 6 nitrogen and oxygen atoms in total. The van der Waals surface area contributed by atoms with Gasteiger partial charge in [0.2, 0.25) is 0 Å². The van der Waals surface area contributed by atoms with Crippen molar-refractivity contribution in [3.05, 3.63) is 60.0 Å². The lowest BCUT2D eigenvalue weighted by molar-refractivity contribution is 0.253. The van der Waals surface area contributed by atoms with Gasteiger partial charge in [-0.15, -0.1) is 0 Å². The molecule has 0 radical (unpaired) electrons. The molecule has 1 fully saturated rings. The molecular weight excluding hydrogens is 470 g/mol. The summed E-state index contributed by atoms with van der Waals surface area (Å²) in [6.07, 6.45) is 8.79. The lowest BCUT2D eigenvalue weighted by Crippen LogP contribution is -2.47. The first-order valence-corrected chi connectivity index (χ1v) is 14.7. The van der Waals surface area contributed by atoms with Crippen molar-refractivity contribution in [1.82, 2.24) is 20.2 Å². The van der Waals surface area contributed by atoms with Crippen molar-refractivity contribution >= 4 is 16.6 Å². The zero-order chi connectivity index (χ0) is 27.6. The zero-order valence-electron chi connectivity index (χ0n) is 24.8. The molecule has 1 aliphatic rings. The summed E-state index contributed by atoms with van der Waals surface area (Å²) < 4.78 is 5.56. The van der Waals surface area contributed by atoms with E-state index < -0.39 is 0 Å². The molecule has 1 saturated heterocycles. The highest BCUT2D eigenvalue weighted by molar-refractivity contribution is 5.92. The van der Waals surface area contributed by atoms with Gasteiger partial charge in [-0.05, 0) is 56.4 Å². The normalized spacial score (nSPS) is 13.4. The van der Waals surface area contributed by atoms with Gasteiger partial charge in [-0.3, -0.25) is 9.88 Å². The quantitative estimate of drug-likeness (QED) is 0.294. The number of hydrogen-bond acceptors (Lipinski definition) is 6. The Kier molecular flexibility index (Phi) is 15.4. The smallest absolute Gasteiger partial charge is 0.140 e. The minimum Gasteiger partial charge on any atom is -0.492 e. The number of pyridine rings is 2. The van der Waals surface area contributed by atoms with Crippen molar-refractivity contribution in [2.24, 2.45) is 0 Å². The molecule has 1 aromatic carbocycles. The summed E-state index contributed by atoms with van der Waals surface area (Å²) in [5.41, 5.74) is 2.21. The van der Waals surface area contributed by atoms with Crippen LogP contribution in [0.3, 0.4) is 0 Å². The third-order valence-electron chi connectivity index (χ3n) is 6.38. The van der Waals surface area contributed by atoms with Crippen LogP contribution in [-0.2, 0) is 6.54 Å². The second-order valence-corrected chi connectivity index (χ2v) is 9.80. The van der Waals surface area contributed by atoms with Gasteiger partial charge in [-0.25, -0.2) is 4.98 Å². The zero-order valence-corrected chi connectivity index (χ0v) is 24.8. The van der Waals surface area contributed by atoms with Gasteiger partial charge in [0, 0.05) is 44.3 Å². The third-order valence-corrected chi connectivity index (χ3v) is 6.38. The molecule has 1 N–H and O–H groups in total. The van der Waals surface area contributed by atoms with Gasteiger partial charge in [0.15, 0.2) is 0 Å². The van der Waals surface area contributed by atoms with E-state index in [1.165, 1.54) is 30.0 Å². The SMILES string of the molecule is CCC.CCCC.CCOc1cnc(CNCCCN2CCN(c3nccc4ccccc34)CC2)cc1C. The number of benzene rings is 1. The summed E-state index contributed by atoms with van der Waals surface area (Å²) in [5.74, 6) is 2.00. The summed E-state index contributed by atoms with van der Waals surface area (Å²) in [4.78, 5) is 14.2. The number of ether oxygens (including phenoxy) is 1. The van der Waals surface area contributed by atoms with Gasteiger partial charge >= 0.3 is 0 Å². The van der Waals surface area contributed by atoms with E-state index in [2.05, 4.69) is 96.1 Å². The third kappa shape index (κ3) is 10.6. The molecule has 4 rings (SSSR count). The summed E-state index contributed by atoms with van der Waals surface area (Å²) in [7, 11) is 0. The Morgan fingerprint density at radius 1 is 0.921 bits per heavy atom. The Balaban J connectivity index is 0.000000650. The van der Waals surface area contributed by atoms with Crippen LogP contribution in [0, 0.1) is 6.92 Å². The highest BCUT2D eigenvalue weighted by atomic mass is 16.5. The number of hydrogen-bond donors (Lipinski definition) is 1. The van der Waals surface area contributed by atoms with E-state index >= 15 is 0 Å².